The molecule has 4 rings (SSSR count). The number of aromatic nitrogens is 2. The van der Waals surface area contributed by atoms with Crippen LogP contribution in [0.5, 0.6) is 0 Å². The summed E-state index contributed by atoms with van der Waals surface area (Å²) in [7, 11) is 0. The van der Waals surface area contributed by atoms with Crippen molar-refractivity contribution in [3.8, 4) is 11.6 Å². The Morgan fingerprint density at radius 2 is 2.04 bits per heavy atom. The molecule has 1 amide bonds. The fourth-order valence-corrected chi connectivity index (χ4v) is 3.21. The number of furan rings is 1. The average Bonchev–Trinajstić information content (AvgIpc) is 3.20. The van der Waals surface area contributed by atoms with Gasteiger partial charge in [-0.1, -0.05) is 11.2 Å². The largest absolute Gasteiger partial charge is 0.461 e. The highest BCUT2D eigenvalue weighted by Gasteiger charge is 2.33. The standard InChI is InChI=1S/C19H20N4O3/c1-12-6-13(2)8-15(7-12)20-17(24)11-23-9-14(10-23)19-21-18(22-26-19)16-4-3-5-25-16/h3-8,14H,9-11H2,1-2H3,(H,20,24). The van der Waals surface area contributed by atoms with Crippen LogP contribution in [0.25, 0.3) is 11.6 Å². The van der Waals surface area contributed by atoms with Gasteiger partial charge in [-0.2, -0.15) is 4.98 Å². The van der Waals surface area contributed by atoms with Gasteiger partial charge in [-0.15, -0.1) is 0 Å². The second-order valence-corrected chi connectivity index (χ2v) is 6.75. The van der Waals surface area contributed by atoms with E-state index in [0.717, 1.165) is 29.9 Å². The summed E-state index contributed by atoms with van der Waals surface area (Å²) < 4.78 is 10.6. The van der Waals surface area contributed by atoms with Crippen molar-refractivity contribution in [3.05, 3.63) is 53.6 Å². The van der Waals surface area contributed by atoms with E-state index in [1.165, 1.54) is 0 Å². The van der Waals surface area contributed by atoms with E-state index < -0.39 is 0 Å². The lowest BCUT2D eigenvalue weighted by atomic mass is 10.0. The van der Waals surface area contributed by atoms with Crippen molar-refractivity contribution in [1.82, 2.24) is 15.0 Å². The number of hydrogen-bond acceptors (Lipinski definition) is 6. The number of benzene rings is 1. The zero-order valence-corrected chi connectivity index (χ0v) is 14.7. The SMILES string of the molecule is Cc1cc(C)cc(NC(=O)CN2CC(c3nc(-c4ccco4)no3)C2)c1. The van der Waals surface area contributed by atoms with Crippen molar-refractivity contribution in [2.24, 2.45) is 0 Å². The van der Waals surface area contributed by atoms with Gasteiger partial charge in [0.15, 0.2) is 5.76 Å². The van der Waals surface area contributed by atoms with Gasteiger partial charge in [-0.25, -0.2) is 0 Å². The predicted molar refractivity (Wildman–Crippen MR) is 95.7 cm³/mol. The van der Waals surface area contributed by atoms with Crippen molar-refractivity contribution in [2.75, 3.05) is 25.0 Å². The maximum atomic E-state index is 12.2. The summed E-state index contributed by atoms with van der Waals surface area (Å²) in [5.74, 6) is 1.76. The smallest absolute Gasteiger partial charge is 0.238 e. The minimum atomic E-state index is -0.0183. The van der Waals surface area contributed by atoms with E-state index in [4.69, 9.17) is 8.94 Å². The topological polar surface area (TPSA) is 84.4 Å². The number of nitrogens with one attached hydrogen (secondary N) is 1. The van der Waals surface area contributed by atoms with E-state index >= 15 is 0 Å². The molecule has 1 aliphatic heterocycles. The van der Waals surface area contributed by atoms with Crippen LogP contribution in [0.2, 0.25) is 0 Å². The lowest BCUT2D eigenvalue weighted by Crippen LogP contribution is -2.48. The molecule has 0 unspecified atom stereocenters. The van der Waals surface area contributed by atoms with E-state index in [9.17, 15) is 4.79 Å². The number of carbonyl (C=O) groups is 1. The van der Waals surface area contributed by atoms with Crippen LogP contribution in [0.15, 0.2) is 45.5 Å². The fraction of sp³-hybridized carbons (Fsp3) is 0.316. The lowest BCUT2D eigenvalue weighted by Gasteiger charge is -2.36. The number of carbonyl (C=O) groups excluding carboxylic acids is 1. The third kappa shape index (κ3) is 3.52. The first-order valence-electron chi connectivity index (χ1n) is 8.55. The molecule has 0 radical (unpaired) electrons. The Balaban J connectivity index is 1.29. The van der Waals surface area contributed by atoms with E-state index in [-0.39, 0.29) is 11.8 Å². The number of likely N-dealkylation sites (tertiary alicyclic amines) is 1. The van der Waals surface area contributed by atoms with Gasteiger partial charge in [-0.05, 0) is 49.2 Å². The van der Waals surface area contributed by atoms with Crippen molar-refractivity contribution in [3.63, 3.8) is 0 Å². The second kappa shape index (κ2) is 6.76. The van der Waals surface area contributed by atoms with E-state index in [1.54, 1.807) is 18.4 Å². The van der Waals surface area contributed by atoms with Crippen molar-refractivity contribution >= 4 is 11.6 Å². The highest BCUT2D eigenvalue weighted by molar-refractivity contribution is 5.92. The van der Waals surface area contributed by atoms with Gasteiger partial charge in [0.25, 0.3) is 0 Å². The summed E-state index contributed by atoms with van der Waals surface area (Å²) in [6, 6.07) is 9.59. The van der Waals surface area contributed by atoms with Crippen molar-refractivity contribution < 1.29 is 13.7 Å². The minimum absolute atomic E-state index is 0.0183. The van der Waals surface area contributed by atoms with E-state index in [2.05, 4.69) is 26.4 Å². The Morgan fingerprint density at radius 3 is 2.73 bits per heavy atom. The number of amides is 1. The number of anilines is 1. The Kier molecular flexibility index (Phi) is 4.30. The van der Waals surface area contributed by atoms with E-state index in [1.807, 2.05) is 26.0 Å². The van der Waals surface area contributed by atoms with Crippen LogP contribution in [0.4, 0.5) is 5.69 Å². The molecule has 26 heavy (non-hydrogen) atoms. The number of hydrogen-bond donors (Lipinski definition) is 1. The first-order valence-corrected chi connectivity index (χ1v) is 8.55. The maximum absolute atomic E-state index is 12.2. The van der Waals surface area contributed by atoms with Crippen LogP contribution in [0.3, 0.4) is 0 Å². The molecule has 0 atom stereocenters. The molecule has 0 saturated carbocycles. The molecule has 7 heteroatoms. The quantitative estimate of drug-likeness (QED) is 0.760. The van der Waals surface area contributed by atoms with Crippen LogP contribution < -0.4 is 5.32 Å². The molecule has 0 bridgehead atoms. The normalized spacial score (nSPS) is 15.0. The maximum Gasteiger partial charge on any atom is 0.238 e. The number of rotatable bonds is 5. The molecule has 1 fully saturated rings. The molecular formula is C19H20N4O3. The van der Waals surface area contributed by atoms with Crippen LogP contribution in [0, 0.1) is 13.8 Å². The molecule has 1 aromatic carbocycles. The molecule has 7 nitrogen and oxygen atoms in total. The van der Waals surface area contributed by atoms with Crippen LogP contribution in [0.1, 0.15) is 22.9 Å². The molecule has 0 spiro atoms. The summed E-state index contributed by atoms with van der Waals surface area (Å²) in [6.07, 6.45) is 1.57. The van der Waals surface area contributed by atoms with Gasteiger partial charge < -0.3 is 14.3 Å². The predicted octanol–water partition coefficient (Wildman–Crippen LogP) is 2.98. The highest BCUT2D eigenvalue weighted by atomic mass is 16.5. The number of aryl methyl sites for hydroxylation is 2. The van der Waals surface area contributed by atoms with Gasteiger partial charge in [0.2, 0.25) is 17.6 Å². The molecule has 1 aliphatic rings. The first-order chi connectivity index (χ1) is 12.6. The minimum Gasteiger partial charge on any atom is -0.461 e. The van der Waals surface area contributed by atoms with Crippen LogP contribution >= 0.6 is 0 Å². The molecule has 1 saturated heterocycles. The fourth-order valence-electron chi connectivity index (χ4n) is 3.21. The lowest BCUT2D eigenvalue weighted by molar-refractivity contribution is -0.118. The highest BCUT2D eigenvalue weighted by Crippen LogP contribution is 2.27. The third-order valence-corrected chi connectivity index (χ3v) is 4.36. The first kappa shape index (κ1) is 16.5. The summed E-state index contributed by atoms with van der Waals surface area (Å²) in [5, 5.41) is 6.90. The van der Waals surface area contributed by atoms with Gasteiger partial charge in [0.05, 0.1) is 18.7 Å². The molecule has 134 valence electrons. The van der Waals surface area contributed by atoms with Crippen molar-refractivity contribution in [1.29, 1.82) is 0 Å². The number of nitrogens with zero attached hydrogens (tertiary/aromatic N) is 3. The monoisotopic (exact) mass is 352 g/mol. The molecule has 3 heterocycles. The Hall–Kier alpha value is -2.93. The summed E-state index contributed by atoms with van der Waals surface area (Å²) >= 11 is 0. The molecule has 1 N–H and O–H groups in total. The molecule has 3 aromatic rings. The Bertz CT molecular complexity index is 891. The van der Waals surface area contributed by atoms with Gasteiger partial charge in [0.1, 0.15) is 0 Å². The molecule has 2 aromatic heterocycles. The summed E-state index contributed by atoms with van der Waals surface area (Å²) in [4.78, 5) is 18.7. The summed E-state index contributed by atoms with van der Waals surface area (Å²) in [6.45, 7) is 5.83. The molecular weight excluding hydrogens is 332 g/mol. The second-order valence-electron chi connectivity index (χ2n) is 6.75. The Labute approximate surface area is 151 Å². The average molecular weight is 352 g/mol. The zero-order chi connectivity index (χ0) is 18.1. The van der Waals surface area contributed by atoms with Gasteiger partial charge in [-0.3, -0.25) is 9.69 Å². The van der Waals surface area contributed by atoms with Gasteiger partial charge >= 0.3 is 0 Å². The van der Waals surface area contributed by atoms with E-state index in [0.29, 0.717) is 24.0 Å². The summed E-state index contributed by atoms with van der Waals surface area (Å²) in [5.41, 5.74) is 3.10. The van der Waals surface area contributed by atoms with Gasteiger partial charge in [0, 0.05) is 18.8 Å². The van der Waals surface area contributed by atoms with Crippen LogP contribution in [-0.2, 0) is 4.79 Å². The Morgan fingerprint density at radius 1 is 1.27 bits per heavy atom. The molecule has 0 aliphatic carbocycles. The third-order valence-electron chi connectivity index (χ3n) is 4.36. The van der Waals surface area contributed by atoms with Crippen LogP contribution in [-0.4, -0.2) is 40.6 Å². The zero-order valence-electron chi connectivity index (χ0n) is 14.7. The van der Waals surface area contributed by atoms with Crippen molar-refractivity contribution in [2.45, 2.75) is 19.8 Å².